The van der Waals surface area contributed by atoms with Crippen molar-refractivity contribution in [2.45, 2.75) is 12.8 Å². The van der Waals surface area contributed by atoms with E-state index >= 15 is 0 Å². The second kappa shape index (κ2) is 4.61. The maximum absolute atomic E-state index is 4.56. The SMILES string of the molecule is CNc1nc(-c2ccc3c(c2)CCCN3C)cs1. The molecule has 0 fully saturated rings. The summed E-state index contributed by atoms with van der Waals surface area (Å²) in [5, 5.41) is 6.17. The summed E-state index contributed by atoms with van der Waals surface area (Å²) in [6.45, 7) is 1.16. The summed E-state index contributed by atoms with van der Waals surface area (Å²) in [6, 6.07) is 6.69. The van der Waals surface area contributed by atoms with Gasteiger partial charge in [-0.2, -0.15) is 0 Å². The van der Waals surface area contributed by atoms with Crippen LogP contribution in [-0.2, 0) is 6.42 Å². The summed E-state index contributed by atoms with van der Waals surface area (Å²) in [5.41, 5.74) is 5.11. The Labute approximate surface area is 111 Å². The number of aryl methyl sites for hydroxylation is 1. The van der Waals surface area contributed by atoms with E-state index in [4.69, 9.17) is 0 Å². The number of fused-ring (bicyclic) bond motifs is 1. The lowest BCUT2D eigenvalue weighted by Crippen LogP contribution is -2.24. The number of thiazole rings is 1. The number of nitrogens with zero attached hydrogens (tertiary/aromatic N) is 2. The topological polar surface area (TPSA) is 28.2 Å². The summed E-state index contributed by atoms with van der Waals surface area (Å²) in [7, 11) is 4.07. The highest BCUT2D eigenvalue weighted by molar-refractivity contribution is 7.14. The molecule has 1 N–H and O–H groups in total. The molecule has 1 aromatic carbocycles. The van der Waals surface area contributed by atoms with Crippen LogP contribution in [0.2, 0.25) is 0 Å². The van der Waals surface area contributed by atoms with E-state index in [9.17, 15) is 0 Å². The van der Waals surface area contributed by atoms with Crippen LogP contribution >= 0.6 is 11.3 Å². The Morgan fingerprint density at radius 3 is 3.06 bits per heavy atom. The van der Waals surface area contributed by atoms with Gasteiger partial charge in [0.25, 0.3) is 0 Å². The summed E-state index contributed by atoms with van der Waals surface area (Å²) in [4.78, 5) is 6.90. The number of hydrogen-bond acceptors (Lipinski definition) is 4. The Kier molecular flexibility index (Phi) is 2.96. The number of hydrogen-bond donors (Lipinski definition) is 1. The molecule has 0 saturated carbocycles. The molecule has 0 unspecified atom stereocenters. The first kappa shape index (κ1) is 11.5. The molecule has 2 aromatic rings. The first-order valence-corrected chi connectivity index (χ1v) is 7.13. The van der Waals surface area contributed by atoms with E-state index in [2.05, 4.69) is 45.8 Å². The lowest BCUT2D eigenvalue weighted by molar-refractivity contribution is 0.745. The predicted octanol–water partition coefficient (Wildman–Crippen LogP) is 3.23. The van der Waals surface area contributed by atoms with Gasteiger partial charge in [0.2, 0.25) is 0 Å². The van der Waals surface area contributed by atoms with Crippen molar-refractivity contribution < 1.29 is 0 Å². The van der Waals surface area contributed by atoms with Crippen LogP contribution in [0.15, 0.2) is 23.6 Å². The Hall–Kier alpha value is -1.55. The van der Waals surface area contributed by atoms with E-state index in [0.29, 0.717) is 0 Å². The highest BCUT2D eigenvalue weighted by atomic mass is 32.1. The zero-order chi connectivity index (χ0) is 12.5. The maximum Gasteiger partial charge on any atom is 0.182 e. The van der Waals surface area contributed by atoms with Crippen molar-refractivity contribution >= 4 is 22.2 Å². The van der Waals surface area contributed by atoms with Gasteiger partial charge in [-0.15, -0.1) is 11.3 Å². The largest absolute Gasteiger partial charge is 0.374 e. The highest BCUT2D eigenvalue weighted by Crippen LogP contribution is 2.31. The summed E-state index contributed by atoms with van der Waals surface area (Å²) in [6.07, 6.45) is 2.42. The number of anilines is 2. The van der Waals surface area contributed by atoms with Gasteiger partial charge in [0, 0.05) is 37.3 Å². The molecule has 3 rings (SSSR count). The molecule has 0 bridgehead atoms. The quantitative estimate of drug-likeness (QED) is 0.897. The van der Waals surface area contributed by atoms with Crippen LogP contribution in [0.25, 0.3) is 11.3 Å². The number of rotatable bonds is 2. The van der Waals surface area contributed by atoms with Crippen LogP contribution in [0.5, 0.6) is 0 Å². The first-order valence-electron chi connectivity index (χ1n) is 6.25. The van der Waals surface area contributed by atoms with Crippen LogP contribution in [0, 0.1) is 0 Å². The van der Waals surface area contributed by atoms with Crippen molar-refractivity contribution in [1.82, 2.24) is 4.98 Å². The average molecular weight is 259 g/mol. The smallest absolute Gasteiger partial charge is 0.182 e. The molecule has 0 aliphatic carbocycles. The Balaban J connectivity index is 1.99. The van der Waals surface area contributed by atoms with Crippen LogP contribution in [0.1, 0.15) is 12.0 Å². The van der Waals surface area contributed by atoms with Crippen LogP contribution < -0.4 is 10.2 Å². The van der Waals surface area contributed by atoms with E-state index < -0.39 is 0 Å². The summed E-state index contributed by atoms with van der Waals surface area (Å²) < 4.78 is 0. The molecule has 94 valence electrons. The molecule has 2 heterocycles. The monoisotopic (exact) mass is 259 g/mol. The Bertz CT molecular complexity index is 562. The minimum atomic E-state index is 0.972. The lowest BCUT2D eigenvalue weighted by Gasteiger charge is -2.27. The number of nitrogens with one attached hydrogen (secondary N) is 1. The van der Waals surface area contributed by atoms with Gasteiger partial charge in [-0.1, -0.05) is 6.07 Å². The van der Waals surface area contributed by atoms with E-state index in [1.165, 1.54) is 29.7 Å². The van der Waals surface area contributed by atoms with Gasteiger partial charge in [-0.3, -0.25) is 0 Å². The molecule has 1 aromatic heterocycles. The van der Waals surface area contributed by atoms with Gasteiger partial charge in [-0.25, -0.2) is 4.98 Å². The van der Waals surface area contributed by atoms with E-state index in [1.807, 2.05) is 7.05 Å². The van der Waals surface area contributed by atoms with Crippen LogP contribution in [0.3, 0.4) is 0 Å². The summed E-state index contributed by atoms with van der Waals surface area (Å²) in [5.74, 6) is 0. The van der Waals surface area contributed by atoms with Crippen LogP contribution in [-0.4, -0.2) is 25.6 Å². The zero-order valence-corrected chi connectivity index (χ0v) is 11.5. The van der Waals surface area contributed by atoms with Gasteiger partial charge in [0.1, 0.15) is 0 Å². The molecule has 1 aliphatic heterocycles. The predicted molar refractivity (Wildman–Crippen MR) is 78.7 cm³/mol. The van der Waals surface area contributed by atoms with Crippen molar-refractivity contribution in [3.63, 3.8) is 0 Å². The molecular formula is C14H17N3S. The minimum absolute atomic E-state index is 0.972. The minimum Gasteiger partial charge on any atom is -0.374 e. The number of benzene rings is 1. The lowest BCUT2D eigenvalue weighted by atomic mass is 9.99. The molecule has 18 heavy (non-hydrogen) atoms. The van der Waals surface area contributed by atoms with Gasteiger partial charge in [-0.05, 0) is 30.5 Å². The van der Waals surface area contributed by atoms with Crippen molar-refractivity contribution in [3.8, 4) is 11.3 Å². The van der Waals surface area contributed by atoms with Crippen LogP contribution in [0.4, 0.5) is 10.8 Å². The second-order valence-electron chi connectivity index (χ2n) is 4.66. The number of aromatic nitrogens is 1. The molecule has 1 aliphatic rings. The fourth-order valence-electron chi connectivity index (χ4n) is 2.47. The van der Waals surface area contributed by atoms with E-state index in [0.717, 1.165) is 17.4 Å². The van der Waals surface area contributed by atoms with Gasteiger partial charge < -0.3 is 10.2 Å². The van der Waals surface area contributed by atoms with Gasteiger partial charge in [0.05, 0.1) is 5.69 Å². The van der Waals surface area contributed by atoms with Gasteiger partial charge >= 0.3 is 0 Å². The third kappa shape index (κ3) is 1.97. The highest BCUT2D eigenvalue weighted by Gasteiger charge is 2.14. The van der Waals surface area contributed by atoms with Crippen molar-refractivity contribution in [2.24, 2.45) is 0 Å². The molecule has 0 amide bonds. The third-order valence-electron chi connectivity index (χ3n) is 3.44. The molecular weight excluding hydrogens is 242 g/mol. The first-order chi connectivity index (χ1) is 8.78. The molecule has 0 spiro atoms. The standard InChI is InChI=1S/C14H17N3S/c1-15-14-16-12(9-18-14)10-5-6-13-11(8-10)4-3-7-17(13)2/h5-6,8-9H,3-4,7H2,1-2H3,(H,15,16). The molecule has 0 atom stereocenters. The molecule has 4 heteroatoms. The normalized spacial score (nSPS) is 14.4. The van der Waals surface area contributed by atoms with Gasteiger partial charge in [0.15, 0.2) is 5.13 Å². The second-order valence-corrected chi connectivity index (χ2v) is 5.51. The summed E-state index contributed by atoms with van der Waals surface area (Å²) >= 11 is 1.65. The fraction of sp³-hybridized carbons (Fsp3) is 0.357. The van der Waals surface area contributed by atoms with Crippen molar-refractivity contribution in [3.05, 3.63) is 29.1 Å². The fourth-order valence-corrected chi connectivity index (χ4v) is 3.15. The molecule has 3 nitrogen and oxygen atoms in total. The average Bonchev–Trinajstić information content (AvgIpc) is 2.87. The zero-order valence-electron chi connectivity index (χ0n) is 10.7. The molecule has 0 radical (unpaired) electrons. The Morgan fingerprint density at radius 2 is 2.28 bits per heavy atom. The van der Waals surface area contributed by atoms with E-state index in [-0.39, 0.29) is 0 Å². The van der Waals surface area contributed by atoms with Crippen molar-refractivity contribution in [2.75, 3.05) is 30.9 Å². The maximum atomic E-state index is 4.56. The van der Waals surface area contributed by atoms with Crippen molar-refractivity contribution in [1.29, 1.82) is 0 Å². The third-order valence-corrected chi connectivity index (χ3v) is 4.30. The van der Waals surface area contributed by atoms with E-state index in [1.54, 1.807) is 11.3 Å². The molecule has 0 saturated heterocycles. The Morgan fingerprint density at radius 1 is 1.39 bits per heavy atom.